The average Bonchev–Trinajstić information content (AvgIpc) is 2.29. The van der Waals surface area contributed by atoms with Gasteiger partial charge in [-0.2, -0.15) is 14.5 Å². The monoisotopic (exact) mass is 163 g/mol. The molecule has 0 saturated carbocycles. The summed E-state index contributed by atoms with van der Waals surface area (Å²) < 4.78 is 1.64. The third kappa shape index (κ3) is 0.939. The van der Waals surface area contributed by atoms with Crippen LogP contribution in [-0.4, -0.2) is 24.6 Å². The van der Waals surface area contributed by atoms with Crippen molar-refractivity contribution in [2.75, 3.05) is 0 Å². The van der Waals surface area contributed by atoms with E-state index in [1.165, 1.54) is 0 Å². The second-order valence-corrected chi connectivity index (χ2v) is 2.69. The predicted molar refractivity (Wildman–Crippen MR) is 42.8 cm³/mol. The first-order valence-electron chi connectivity index (χ1n) is 3.71. The molecule has 2 aromatic rings. The van der Waals surface area contributed by atoms with E-state index in [9.17, 15) is 0 Å². The van der Waals surface area contributed by atoms with Crippen LogP contribution in [0.3, 0.4) is 0 Å². The van der Waals surface area contributed by atoms with Crippen molar-refractivity contribution in [3.05, 3.63) is 17.5 Å². The van der Waals surface area contributed by atoms with Crippen molar-refractivity contribution >= 4 is 5.78 Å². The van der Waals surface area contributed by atoms with Gasteiger partial charge in [0.25, 0.3) is 5.78 Å². The van der Waals surface area contributed by atoms with Gasteiger partial charge in [-0.1, -0.05) is 0 Å². The van der Waals surface area contributed by atoms with Gasteiger partial charge in [0.1, 0.15) is 17.5 Å². The molecule has 5 heteroatoms. The fourth-order valence-electron chi connectivity index (χ4n) is 1.14. The molecule has 0 radical (unpaired) electrons. The predicted octanol–water partition coefficient (Wildman–Crippen LogP) is 0.445. The van der Waals surface area contributed by atoms with Crippen LogP contribution in [-0.2, 0) is 0 Å². The first kappa shape index (κ1) is 7.15. The van der Waals surface area contributed by atoms with Crippen LogP contribution in [0.25, 0.3) is 5.78 Å². The molecule has 62 valence electrons. The molecule has 0 bridgehead atoms. The maximum Gasteiger partial charge on any atom is 0.255 e. The van der Waals surface area contributed by atoms with Crippen LogP contribution in [0.15, 0.2) is 0 Å². The van der Waals surface area contributed by atoms with E-state index in [0.717, 1.165) is 17.5 Å². The molecule has 12 heavy (non-hydrogen) atoms. The van der Waals surface area contributed by atoms with Gasteiger partial charge in [0, 0.05) is 0 Å². The van der Waals surface area contributed by atoms with E-state index < -0.39 is 0 Å². The van der Waals surface area contributed by atoms with Gasteiger partial charge < -0.3 is 0 Å². The number of aromatic nitrogens is 5. The minimum atomic E-state index is 0.623. The van der Waals surface area contributed by atoms with Crippen LogP contribution in [0.5, 0.6) is 0 Å². The summed E-state index contributed by atoms with van der Waals surface area (Å²) in [6.07, 6.45) is 0. The quantitative estimate of drug-likeness (QED) is 0.565. The van der Waals surface area contributed by atoms with Gasteiger partial charge in [0.15, 0.2) is 0 Å². The molecule has 0 fully saturated rings. The lowest BCUT2D eigenvalue weighted by Gasteiger charge is -1.96. The van der Waals surface area contributed by atoms with Crippen LogP contribution < -0.4 is 0 Å². The molecule has 2 heterocycles. The Morgan fingerprint density at radius 3 is 2.33 bits per heavy atom. The maximum absolute atomic E-state index is 4.16. The Balaban J connectivity index is 2.88. The summed E-state index contributed by atoms with van der Waals surface area (Å²) in [7, 11) is 0. The van der Waals surface area contributed by atoms with Crippen LogP contribution in [0.4, 0.5) is 0 Å². The standard InChI is InChI=1S/C7H9N5/c1-4-8-6(3)12-7(9-4)10-5(2)11-12/h1-3H3. The van der Waals surface area contributed by atoms with Gasteiger partial charge in [-0.05, 0) is 20.8 Å². The molecule has 0 aliphatic carbocycles. The Morgan fingerprint density at radius 2 is 1.58 bits per heavy atom. The zero-order valence-corrected chi connectivity index (χ0v) is 7.24. The smallest absolute Gasteiger partial charge is 0.218 e. The minimum Gasteiger partial charge on any atom is -0.218 e. The first-order valence-corrected chi connectivity index (χ1v) is 3.71. The summed E-state index contributed by atoms with van der Waals surface area (Å²) in [5.74, 6) is 2.89. The highest BCUT2D eigenvalue weighted by atomic mass is 15.4. The molecule has 0 amide bonds. The van der Waals surface area contributed by atoms with Gasteiger partial charge in [0.05, 0.1) is 0 Å². The fourth-order valence-corrected chi connectivity index (χ4v) is 1.14. The summed E-state index contributed by atoms with van der Waals surface area (Å²) in [5, 5.41) is 4.13. The number of hydrogen-bond donors (Lipinski definition) is 0. The Kier molecular flexibility index (Phi) is 1.33. The van der Waals surface area contributed by atoms with Crippen LogP contribution in [0.1, 0.15) is 17.5 Å². The Bertz CT molecular complexity index is 431. The van der Waals surface area contributed by atoms with E-state index >= 15 is 0 Å². The maximum atomic E-state index is 4.16. The molecule has 0 saturated heterocycles. The van der Waals surface area contributed by atoms with Crippen molar-refractivity contribution in [1.29, 1.82) is 0 Å². The lowest BCUT2D eigenvalue weighted by molar-refractivity contribution is 0.808. The second kappa shape index (κ2) is 2.23. The SMILES string of the molecule is Cc1nc(C)n2nc(C)nc2n1. The normalized spacial score (nSPS) is 10.9. The lowest BCUT2D eigenvalue weighted by atomic mass is 10.6. The third-order valence-corrected chi connectivity index (χ3v) is 1.59. The molecule has 5 nitrogen and oxygen atoms in total. The van der Waals surface area contributed by atoms with E-state index in [0.29, 0.717) is 5.78 Å². The number of rotatable bonds is 0. The molecule has 0 N–H and O–H groups in total. The molecular weight excluding hydrogens is 154 g/mol. The molecule has 0 unspecified atom stereocenters. The molecule has 2 aromatic heterocycles. The number of nitrogens with zero attached hydrogens (tertiary/aromatic N) is 5. The molecule has 0 aliphatic rings. The largest absolute Gasteiger partial charge is 0.255 e. The zero-order valence-electron chi connectivity index (χ0n) is 7.24. The van der Waals surface area contributed by atoms with E-state index in [1.54, 1.807) is 4.52 Å². The summed E-state index contributed by atoms with van der Waals surface area (Å²) in [6.45, 7) is 5.57. The van der Waals surface area contributed by atoms with E-state index in [2.05, 4.69) is 20.1 Å². The van der Waals surface area contributed by atoms with Crippen LogP contribution in [0.2, 0.25) is 0 Å². The third-order valence-electron chi connectivity index (χ3n) is 1.59. The zero-order chi connectivity index (χ0) is 8.72. The van der Waals surface area contributed by atoms with Gasteiger partial charge in [-0.25, -0.2) is 4.98 Å². The average molecular weight is 163 g/mol. The van der Waals surface area contributed by atoms with E-state index in [1.807, 2.05) is 20.8 Å². The summed E-state index contributed by atoms with van der Waals surface area (Å²) in [5.41, 5.74) is 0. The Hall–Kier alpha value is -1.52. The van der Waals surface area contributed by atoms with Crippen molar-refractivity contribution in [3.63, 3.8) is 0 Å². The van der Waals surface area contributed by atoms with Gasteiger partial charge in [-0.15, -0.1) is 5.10 Å². The minimum absolute atomic E-state index is 0.623. The van der Waals surface area contributed by atoms with E-state index in [4.69, 9.17) is 0 Å². The van der Waals surface area contributed by atoms with E-state index in [-0.39, 0.29) is 0 Å². The Morgan fingerprint density at radius 1 is 0.917 bits per heavy atom. The van der Waals surface area contributed by atoms with Crippen molar-refractivity contribution in [1.82, 2.24) is 24.6 Å². The highest BCUT2D eigenvalue weighted by Crippen LogP contribution is 2.00. The molecule has 0 spiro atoms. The number of aryl methyl sites for hydroxylation is 3. The van der Waals surface area contributed by atoms with Crippen LogP contribution in [0, 0.1) is 20.8 Å². The summed E-state index contributed by atoms with van der Waals surface area (Å²) >= 11 is 0. The van der Waals surface area contributed by atoms with Crippen LogP contribution >= 0.6 is 0 Å². The van der Waals surface area contributed by atoms with Crippen molar-refractivity contribution < 1.29 is 0 Å². The van der Waals surface area contributed by atoms with Gasteiger partial charge >= 0.3 is 0 Å². The second-order valence-electron chi connectivity index (χ2n) is 2.69. The highest BCUT2D eigenvalue weighted by Gasteiger charge is 2.04. The number of hydrogen-bond acceptors (Lipinski definition) is 4. The molecule has 2 rings (SSSR count). The number of fused-ring (bicyclic) bond motifs is 1. The first-order chi connectivity index (χ1) is 5.66. The summed E-state index contributed by atoms with van der Waals surface area (Å²) in [6, 6.07) is 0. The lowest BCUT2D eigenvalue weighted by Crippen LogP contribution is -2.01. The molecule has 0 atom stereocenters. The fraction of sp³-hybridized carbons (Fsp3) is 0.429. The van der Waals surface area contributed by atoms with Gasteiger partial charge in [-0.3, -0.25) is 0 Å². The van der Waals surface area contributed by atoms with Gasteiger partial charge in [0.2, 0.25) is 0 Å². The van der Waals surface area contributed by atoms with Crippen molar-refractivity contribution in [2.24, 2.45) is 0 Å². The molecule has 0 aromatic carbocycles. The summed E-state index contributed by atoms with van der Waals surface area (Å²) in [4.78, 5) is 12.4. The molecular formula is C7H9N5. The topological polar surface area (TPSA) is 56.0 Å². The Labute approximate surface area is 69.5 Å². The van der Waals surface area contributed by atoms with Crippen molar-refractivity contribution in [2.45, 2.75) is 20.8 Å². The highest BCUT2D eigenvalue weighted by molar-refractivity contribution is 5.26. The van der Waals surface area contributed by atoms with Crippen molar-refractivity contribution in [3.8, 4) is 0 Å². The molecule has 0 aliphatic heterocycles.